The second-order valence-corrected chi connectivity index (χ2v) is 6.22. The number of methoxy groups -OCH3 is 1. The number of phenolic OH excluding ortho intramolecular Hbond substituents is 2. The van der Waals surface area contributed by atoms with Crippen molar-refractivity contribution in [2.75, 3.05) is 7.11 Å². The molecule has 0 bridgehead atoms. The SMILES string of the molecule is COc1ccc(O)c(-c2cccc(-c3cccc(-c4ccccc4O)n3)n2)c1.[Cl-].[Cl-].[Cl-].[Mn+3]. The maximum atomic E-state index is 10.2. The summed E-state index contributed by atoms with van der Waals surface area (Å²) in [6, 6.07) is 23.2. The van der Waals surface area contributed by atoms with E-state index in [4.69, 9.17) is 4.74 Å². The van der Waals surface area contributed by atoms with Crippen molar-refractivity contribution < 1.29 is 69.2 Å². The van der Waals surface area contributed by atoms with Crippen LogP contribution in [0.4, 0.5) is 0 Å². The van der Waals surface area contributed by atoms with E-state index in [0.29, 0.717) is 39.7 Å². The van der Waals surface area contributed by atoms with Crippen LogP contribution in [0.15, 0.2) is 78.9 Å². The number of hydrogen-bond acceptors (Lipinski definition) is 5. The molecule has 2 heterocycles. The van der Waals surface area contributed by atoms with E-state index in [-0.39, 0.29) is 65.8 Å². The van der Waals surface area contributed by atoms with Crippen molar-refractivity contribution in [2.45, 2.75) is 0 Å². The number of ether oxygens (including phenoxy) is 1. The minimum atomic E-state index is 0. The molecule has 0 unspecified atom stereocenters. The molecule has 2 N–H and O–H groups in total. The molecule has 0 saturated carbocycles. The van der Waals surface area contributed by atoms with Crippen LogP contribution in [0.3, 0.4) is 0 Å². The van der Waals surface area contributed by atoms with Crippen molar-refractivity contribution in [3.05, 3.63) is 78.9 Å². The summed E-state index contributed by atoms with van der Waals surface area (Å²) in [4.78, 5) is 9.32. The zero-order valence-corrected chi connectivity index (χ0v) is 20.2. The number of hydrogen-bond donors (Lipinski definition) is 2. The number of pyridine rings is 2. The van der Waals surface area contributed by atoms with Gasteiger partial charge in [-0.1, -0.05) is 24.3 Å². The van der Waals surface area contributed by atoms with Crippen LogP contribution in [0.2, 0.25) is 0 Å². The van der Waals surface area contributed by atoms with E-state index in [2.05, 4.69) is 9.97 Å². The Morgan fingerprint density at radius 3 is 1.66 bits per heavy atom. The van der Waals surface area contributed by atoms with Crippen LogP contribution in [-0.4, -0.2) is 27.3 Å². The molecule has 0 amide bonds. The summed E-state index contributed by atoms with van der Waals surface area (Å²) in [7, 11) is 1.58. The fourth-order valence-electron chi connectivity index (χ4n) is 2.99. The Hall–Kier alpha value is -2.47. The van der Waals surface area contributed by atoms with Gasteiger partial charge in [-0.05, 0) is 54.6 Å². The minimum Gasteiger partial charge on any atom is -1.00 e. The van der Waals surface area contributed by atoms with Crippen molar-refractivity contribution in [1.29, 1.82) is 0 Å². The molecule has 0 saturated heterocycles. The van der Waals surface area contributed by atoms with Crippen molar-refractivity contribution in [3.63, 3.8) is 0 Å². The average Bonchev–Trinajstić information content (AvgIpc) is 2.75. The van der Waals surface area contributed by atoms with E-state index < -0.39 is 0 Å². The Kier molecular flexibility index (Phi) is 12.1. The van der Waals surface area contributed by atoms with Gasteiger partial charge >= 0.3 is 17.1 Å². The number of halogens is 3. The van der Waals surface area contributed by atoms with E-state index in [1.165, 1.54) is 0 Å². The largest absolute Gasteiger partial charge is 3.00 e. The average molecular weight is 532 g/mol. The molecule has 32 heavy (non-hydrogen) atoms. The number of aromatic hydroxyl groups is 2. The molecular weight excluding hydrogens is 514 g/mol. The quantitative estimate of drug-likeness (QED) is 0.262. The third-order valence-electron chi connectivity index (χ3n) is 4.42. The van der Waals surface area contributed by atoms with Crippen molar-refractivity contribution in [1.82, 2.24) is 9.97 Å². The van der Waals surface area contributed by atoms with Gasteiger partial charge in [0.15, 0.2) is 0 Å². The molecule has 4 aromatic rings. The van der Waals surface area contributed by atoms with Crippen molar-refractivity contribution in [3.8, 4) is 51.2 Å². The summed E-state index contributed by atoms with van der Waals surface area (Å²) < 4.78 is 5.25. The zero-order chi connectivity index (χ0) is 19.5. The van der Waals surface area contributed by atoms with Gasteiger partial charge < -0.3 is 52.2 Å². The van der Waals surface area contributed by atoms with Gasteiger partial charge in [-0.2, -0.15) is 0 Å². The summed E-state index contributed by atoms with van der Waals surface area (Å²) in [5, 5.41) is 20.3. The predicted octanol–water partition coefficient (Wildman–Crippen LogP) is -4.09. The Bertz CT molecular complexity index is 1160. The van der Waals surface area contributed by atoms with Gasteiger partial charge in [0.25, 0.3) is 0 Å². The number of rotatable bonds is 4. The van der Waals surface area contributed by atoms with Crippen LogP contribution in [0, 0.1) is 0 Å². The molecule has 166 valence electrons. The van der Waals surface area contributed by atoms with E-state index in [1.54, 1.807) is 37.4 Å². The summed E-state index contributed by atoms with van der Waals surface area (Å²) in [5.74, 6) is 0.941. The summed E-state index contributed by atoms with van der Waals surface area (Å²) in [6.07, 6.45) is 0. The van der Waals surface area contributed by atoms with Crippen LogP contribution >= 0.6 is 0 Å². The van der Waals surface area contributed by atoms with Gasteiger partial charge in [-0.15, -0.1) is 0 Å². The van der Waals surface area contributed by atoms with Gasteiger partial charge in [0.2, 0.25) is 0 Å². The molecule has 0 atom stereocenters. The second kappa shape index (κ2) is 13.2. The maximum absolute atomic E-state index is 10.2. The third kappa shape index (κ3) is 6.28. The van der Waals surface area contributed by atoms with E-state index in [1.807, 2.05) is 48.5 Å². The Balaban J connectivity index is 0.00000240. The summed E-state index contributed by atoms with van der Waals surface area (Å²) in [6.45, 7) is 0. The number of para-hydroxylation sites is 1. The van der Waals surface area contributed by atoms with Crippen LogP contribution < -0.4 is 42.0 Å². The zero-order valence-electron chi connectivity index (χ0n) is 16.7. The van der Waals surface area contributed by atoms with Gasteiger partial charge in [0, 0.05) is 11.1 Å². The molecule has 0 aliphatic heterocycles. The van der Waals surface area contributed by atoms with Gasteiger partial charge in [0.1, 0.15) is 17.2 Å². The first kappa shape index (κ1) is 29.5. The first-order valence-corrected chi connectivity index (χ1v) is 8.76. The summed E-state index contributed by atoms with van der Waals surface area (Å²) >= 11 is 0. The molecule has 0 aliphatic carbocycles. The molecule has 0 spiro atoms. The van der Waals surface area contributed by atoms with Crippen molar-refractivity contribution >= 4 is 0 Å². The molecule has 0 fully saturated rings. The molecule has 0 radical (unpaired) electrons. The third-order valence-corrected chi connectivity index (χ3v) is 4.42. The normalized spacial score (nSPS) is 9.28. The van der Waals surface area contributed by atoms with E-state index >= 15 is 0 Å². The molecular formula is C23H18Cl3MnN2O3. The molecule has 2 aromatic heterocycles. The monoisotopic (exact) mass is 530 g/mol. The van der Waals surface area contributed by atoms with Crippen LogP contribution in [0.5, 0.6) is 17.2 Å². The predicted molar refractivity (Wildman–Crippen MR) is 108 cm³/mol. The number of nitrogens with zero attached hydrogens (tertiary/aromatic N) is 2. The fourth-order valence-corrected chi connectivity index (χ4v) is 2.99. The van der Waals surface area contributed by atoms with E-state index in [0.717, 1.165) is 0 Å². The van der Waals surface area contributed by atoms with Crippen molar-refractivity contribution in [2.24, 2.45) is 0 Å². The molecule has 5 nitrogen and oxygen atoms in total. The first-order chi connectivity index (χ1) is 13.7. The Morgan fingerprint density at radius 2 is 1.09 bits per heavy atom. The topological polar surface area (TPSA) is 75.5 Å². The van der Waals surface area contributed by atoms with Gasteiger partial charge in [-0.25, -0.2) is 9.97 Å². The van der Waals surface area contributed by atoms with Crippen LogP contribution in [-0.2, 0) is 17.1 Å². The molecule has 4 rings (SSSR count). The number of benzene rings is 2. The first-order valence-electron chi connectivity index (χ1n) is 8.76. The van der Waals surface area contributed by atoms with Gasteiger partial charge in [0.05, 0.1) is 29.9 Å². The number of aromatic nitrogens is 2. The maximum Gasteiger partial charge on any atom is 3.00 e. The van der Waals surface area contributed by atoms with Gasteiger partial charge in [-0.3, -0.25) is 0 Å². The smallest absolute Gasteiger partial charge is 1.00 e. The van der Waals surface area contributed by atoms with E-state index in [9.17, 15) is 10.2 Å². The Labute approximate surface area is 215 Å². The fraction of sp³-hybridized carbons (Fsp3) is 0.0435. The molecule has 9 heteroatoms. The van der Waals surface area contributed by atoms with Crippen LogP contribution in [0.1, 0.15) is 0 Å². The molecule has 0 aliphatic rings. The summed E-state index contributed by atoms with van der Waals surface area (Å²) in [5.41, 5.74) is 3.85. The number of phenols is 2. The standard InChI is InChI=1S/C23H18N2O3.3ClH.Mn/c1-28-15-12-13-23(27)17(14-15)19-8-5-10-21(25-19)20-9-4-7-18(24-20)16-6-2-3-11-22(16)26;;;;/h2-14,26-27H,1H3;3*1H;/q;;;;+3/p-3. The Morgan fingerprint density at radius 1 is 0.594 bits per heavy atom. The minimum absolute atomic E-state index is 0. The van der Waals surface area contributed by atoms with Crippen LogP contribution in [0.25, 0.3) is 33.9 Å². The second-order valence-electron chi connectivity index (χ2n) is 6.22. The molecule has 2 aromatic carbocycles.